The number of benzene rings is 1. The molecule has 0 aromatic heterocycles. The van der Waals surface area contributed by atoms with E-state index in [1.807, 2.05) is 0 Å². The number of aryl methyl sites for hydroxylation is 2. The first kappa shape index (κ1) is 13.1. The van der Waals surface area contributed by atoms with Crippen LogP contribution in [0.4, 0.5) is 0 Å². The van der Waals surface area contributed by atoms with Crippen LogP contribution in [0.15, 0.2) is 18.2 Å². The fraction of sp³-hybridized carbons (Fsp3) is 0.647. The van der Waals surface area contributed by atoms with E-state index in [0.29, 0.717) is 6.04 Å². The average molecular weight is 258 g/mol. The number of hydrogen-bond donors (Lipinski definition) is 1. The molecule has 1 aliphatic heterocycles. The van der Waals surface area contributed by atoms with Crippen LogP contribution in [-0.2, 0) is 19.4 Å². The van der Waals surface area contributed by atoms with Crippen LogP contribution in [0.2, 0.25) is 0 Å². The van der Waals surface area contributed by atoms with Crippen molar-refractivity contribution in [3.8, 4) is 0 Å². The minimum Gasteiger partial charge on any atom is -0.310 e. The van der Waals surface area contributed by atoms with Gasteiger partial charge in [-0.15, -0.1) is 0 Å². The van der Waals surface area contributed by atoms with Crippen LogP contribution >= 0.6 is 0 Å². The van der Waals surface area contributed by atoms with Crippen molar-refractivity contribution in [3.05, 3.63) is 34.9 Å². The molecule has 0 saturated carbocycles. The highest BCUT2D eigenvalue weighted by Gasteiger charge is 2.23. The molecule has 1 aromatic rings. The number of nitrogens with zero attached hydrogens (tertiary/aromatic N) is 1. The summed E-state index contributed by atoms with van der Waals surface area (Å²) in [5.74, 6) is 0.758. The van der Waals surface area contributed by atoms with Crippen LogP contribution in [-0.4, -0.2) is 31.1 Å². The molecule has 2 aliphatic rings. The van der Waals surface area contributed by atoms with Gasteiger partial charge in [-0.25, -0.2) is 0 Å². The molecular formula is C17H26N2. The highest BCUT2D eigenvalue weighted by atomic mass is 15.1. The smallest absolute Gasteiger partial charge is 0.0208 e. The van der Waals surface area contributed by atoms with Gasteiger partial charge in [-0.2, -0.15) is 0 Å². The first-order valence-corrected chi connectivity index (χ1v) is 7.75. The molecule has 0 radical (unpaired) electrons. The zero-order valence-electron chi connectivity index (χ0n) is 12.3. The lowest BCUT2D eigenvalue weighted by atomic mass is 9.94. The molecule has 1 saturated heterocycles. The molecule has 2 nitrogen and oxygen atoms in total. The third kappa shape index (κ3) is 3.01. The van der Waals surface area contributed by atoms with Gasteiger partial charge in [-0.1, -0.05) is 25.1 Å². The van der Waals surface area contributed by atoms with E-state index in [0.717, 1.165) is 12.5 Å². The van der Waals surface area contributed by atoms with Gasteiger partial charge in [-0.05, 0) is 61.9 Å². The lowest BCUT2D eigenvalue weighted by molar-refractivity contribution is 0.174. The SMILES string of the molecule is CC1CN(C)CCC1NCc1ccc2c(c1)CCC2. The van der Waals surface area contributed by atoms with E-state index in [-0.39, 0.29) is 0 Å². The van der Waals surface area contributed by atoms with Gasteiger partial charge < -0.3 is 10.2 Å². The second-order valence-corrected chi connectivity index (χ2v) is 6.47. The molecule has 0 bridgehead atoms. The van der Waals surface area contributed by atoms with E-state index in [9.17, 15) is 0 Å². The molecule has 2 unspecified atom stereocenters. The molecule has 1 aliphatic carbocycles. The van der Waals surface area contributed by atoms with Crippen LogP contribution in [0.1, 0.15) is 36.5 Å². The molecule has 2 atom stereocenters. The molecule has 2 heteroatoms. The topological polar surface area (TPSA) is 15.3 Å². The van der Waals surface area contributed by atoms with Gasteiger partial charge in [0.05, 0.1) is 0 Å². The number of fused-ring (bicyclic) bond motifs is 1. The van der Waals surface area contributed by atoms with Crippen LogP contribution < -0.4 is 5.32 Å². The third-order valence-electron chi connectivity index (χ3n) is 4.84. The summed E-state index contributed by atoms with van der Waals surface area (Å²) in [5.41, 5.74) is 4.64. The fourth-order valence-corrected chi connectivity index (χ4v) is 3.64. The molecule has 0 spiro atoms. The molecule has 104 valence electrons. The summed E-state index contributed by atoms with van der Waals surface area (Å²) in [4.78, 5) is 2.44. The zero-order chi connectivity index (χ0) is 13.2. The molecule has 0 amide bonds. The van der Waals surface area contributed by atoms with E-state index in [2.05, 4.69) is 42.4 Å². The lowest BCUT2D eigenvalue weighted by Gasteiger charge is -2.35. The molecule has 1 heterocycles. The fourth-order valence-electron chi connectivity index (χ4n) is 3.64. The van der Waals surface area contributed by atoms with Crippen molar-refractivity contribution in [1.29, 1.82) is 0 Å². The first-order chi connectivity index (χ1) is 9.22. The molecule has 1 N–H and O–H groups in total. The van der Waals surface area contributed by atoms with Crippen molar-refractivity contribution in [3.63, 3.8) is 0 Å². The summed E-state index contributed by atoms with van der Waals surface area (Å²) in [6.07, 6.45) is 5.20. The Kier molecular flexibility index (Phi) is 3.90. The van der Waals surface area contributed by atoms with Gasteiger partial charge in [0.2, 0.25) is 0 Å². The maximum atomic E-state index is 3.77. The molecule has 3 rings (SSSR count). The van der Waals surface area contributed by atoms with Crippen molar-refractivity contribution in [1.82, 2.24) is 10.2 Å². The van der Waals surface area contributed by atoms with Crippen LogP contribution in [0.25, 0.3) is 0 Å². The monoisotopic (exact) mass is 258 g/mol. The Hall–Kier alpha value is -0.860. The summed E-state index contributed by atoms with van der Waals surface area (Å²) in [6, 6.07) is 7.77. The molecular weight excluding hydrogens is 232 g/mol. The van der Waals surface area contributed by atoms with E-state index >= 15 is 0 Å². The van der Waals surface area contributed by atoms with E-state index < -0.39 is 0 Å². The van der Waals surface area contributed by atoms with Crippen molar-refractivity contribution in [2.24, 2.45) is 5.92 Å². The van der Waals surface area contributed by atoms with Gasteiger partial charge in [0.15, 0.2) is 0 Å². The Bertz CT molecular complexity index is 441. The van der Waals surface area contributed by atoms with Gasteiger partial charge in [0.1, 0.15) is 0 Å². The summed E-state index contributed by atoms with van der Waals surface area (Å²) in [5, 5.41) is 3.77. The van der Waals surface area contributed by atoms with E-state index in [1.54, 1.807) is 11.1 Å². The minimum absolute atomic E-state index is 0.685. The summed E-state index contributed by atoms with van der Waals surface area (Å²) < 4.78 is 0. The van der Waals surface area contributed by atoms with Gasteiger partial charge in [-0.3, -0.25) is 0 Å². The van der Waals surface area contributed by atoms with Crippen molar-refractivity contribution in [2.45, 2.75) is 45.2 Å². The number of likely N-dealkylation sites (tertiary alicyclic amines) is 1. The van der Waals surface area contributed by atoms with Gasteiger partial charge >= 0.3 is 0 Å². The van der Waals surface area contributed by atoms with Gasteiger partial charge in [0.25, 0.3) is 0 Å². The number of nitrogens with one attached hydrogen (secondary N) is 1. The maximum absolute atomic E-state index is 3.77. The minimum atomic E-state index is 0.685. The Morgan fingerprint density at radius 2 is 2.11 bits per heavy atom. The summed E-state index contributed by atoms with van der Waals surface area (Å²) in [7, 11) is 2.23. The Balaban J connectivity index is 1.57. The maximum Gasteiger partial charge on any atom is 0.0208 e. The van der Waals surface area contributed by atoms with Crippen LogP contribution in [0, 0.1) is 5.92 Å². The quantitative estimate of drug-likeness (QED) is 0.896. The lowest BCUT2D eigenvalue weighted by Crippen LogP contribution is -2.46. The number of piperidine rings is 1. The third-order valence-corrected chi connectivity index (χ3v) is 4.84. The van der Waals surface area contributed by atoms with E-state index in [4.69, 9.17) is 0 Å². The Morgan fingerprint density at radius 3 is 2.95 bits per heavy atom. The van der Waals surface area contributed by atoms with Crippen LogP contribution in [0.5, 0.6) is 0 Å². The molecule has 1 aromatic carbocycles. The van der Waals surface area contributed by atoms with Crippen molar-refractivity contribution < 1.29 is 0 Å². The predicted molar refractivity (Wildman–Crippen MR) is 80.4 cm³/mol. The largest absolute Gasteiger partial charge is 0.310 e. The zero-order valence-corrected chi connectivity index (χ0v) is 12.3. The average Bonchev–Trinajstić information content (AvgIpc) is 2.85. The number of rotatable bonds is 3. The second kappa shape index (κ2) is 5.64. The highest BCUT2D eigenvalue weighted by molar-refractivity contribution is 5.35. The number of hydrogen-bond acceptors (Lipinski definition) is 2. The Morgan fingerprint density at radius 1 is 1.26 bits per heavy atom. The normalized spacial score (nSPS) is 27.5. The first-order valence-electron chi connectivity index (χ1n) is 7.75. The molecule has 19 heavy (non-hydrogen) atoms. The molecule has 1 fully saturated rings. The van der Waals surface area contributed by atoms with Crippen LogP contribution in [0.3, 0.4) is 0 Å². The summed E-state index contributed by atoms with van der Waals surface area (Å²) >= 11 is 0. The van der Waals surface area contributed by atoms with Gasteiger partial charge in [0, 0.05) is 19.1 Å². The van der Waals surface area contributed by atoms with E-state index in [1.165, 1.54) is 44.3 Å². The Labute approximate surface area is 117 Å². The predicted octanol–water partition coefficient (Wildman–Crippen LogP) is 2.61. The second-order valence-electron chi connectivity index (χ2n) is 6.47. The van der Waals surface area contributed by atoms with Crippen molar-refractivity contribution in [2.75, 3.05) is 20.1 Å². The summed E-state index contributed by atoms with van der Waals surface area (Å²) in [6.45, 7) is 5.86. The highest BCUT2D eigenvalue weighted by Crippen LogP contribution is 2.23. The van der Waals surface area contributed by atoms with Crippen molar-refractivity contribution >= 4 is 0 Å². The standard InChI is InChI=1S/C17H26N2/c1-13-12-19(2)9-8-17(13)18-11-14-6-7-15-4-3-5-16(15)10-14/h6-7,10,13,17-18H,3-5,8-9,11-12H2,1-2H3.